The van der Waals surface area contributed by atoms with Gasteiger partial charge in [-0.15, -0.1) is 0 Å². The Morgan fingerprint density at radius 1 is 1.26 bits per heavy atom. The SMILES string of the molecule is O=C(Nc1ccc(O)c(Cl)c1)c1ccc(F)cc1I. The zero-order valence-electron chi connectivity index (χ0n) is 9.45. The van der Waals surface area contributed by atoms with Gasteiger partial charge in [-0.3, -0.25) is 4.79 Å². The Hall–Kier alpha value is -1.34. The number of halogens is 3. The van der Waals surface area contributed by atoms with E-state index >= 15 is 0 Å². The van der Waals surface area contributed by atoms with Crippen molar-refractivity contribution >= 4 is 45.8 Å². The third kappa shape index (κ3) is 3.36. The number of hydrogen-bond acceptors (Lipinski definition) is 2. The standard InChI is InChI=1S/C13H8ClFINO2/c14-10-6-8(2-4-12(10)18)17-13(19)9-3-1-7(15)5-11(9)16/h1-6,18H,(H,17,19). The first-order valence-electron chi connectivity index (χ1n) is 5.22. The molecule has 6 heteroatoms. The van der Waals surface area contributed by atoms with Crippen LogP contribution in [-0.2, 0) is 0 Å². The van der Waals surface area contributed by atoms with Crippen molar-refractivity contribution < 1.29 is 14.3 Å². The molecule has 0 atom stereocenters. The number of anilines is 1. The Balaban J connectivity index is 2.23. The topological polar surface area (TPSA) is 49.3 Å². The van der Waals surface area contributed by atoms with Crippen LogP contribution in [0.2, 0.25) is 5.02 Å². The molecule has 0 aliphatic carbocycles. The summed E-state index contributed by atoms with van der Waals surface area (Å²) in [4.78, 5) is 12.0. The van der Waals surface area contributed by atoms with E-state index in [-0.39, 0.29) is 16.7 Å². The summed E-state index contributed by atoms with van der Waals surface area (Å²) in [6.45, 7) is 0. The number of benzene rings is 2. The largest absolute Gasteiger partial charge is 0.506 e. The highest BCUT2D eigenvalue weighted by atomic mass is 127. The van der Waals surface area contributed by atoms with Crippen molar-refractivity contribution in [2.45, 2.75) is 0 Å². The molecule has 3 nitrogen and oxygen atoms in total. The molecular formula is C13H8ClFINO2. The van der Waals surface area contributed by atoms with Crippen LogP contribution in [0.5, 0.6) is 5.75 Å². The first kappa shape index (κ1) is 14.1. The molecule has 2 rings (SSSR count). The molecule has 0 aliphatic rings. The van der Waals surface area contributed by atoms with Crippen molar-refractivity contribution in [3.63, 3.8) is 0 Å². The first-order valence-corrected chi connectivity index (χ1v) is 6.68. The maximum Gasteiger partial charge on any atom is 0.256 e. The van der Waals surface area contributed by atoms with Crippen molar-refractivity contribution in [1.29, 1.82) is 0 Å². The minimum atomic E-state index is -0.395. The van der Waals surface area contributed by atoms with E-state index in [0.29, 0.717) is 14.8 Å². The first-order chi connectivity index (χ1) is 8.97. The maximum atomic E-state index is 13.0. The summed E-state index contributed by atoms with van der Waals surface area (Å²) < 4.78 is 13.5. The highest BCUT2D eigenvalue weighted by molar-refractivity contribution is 14.1. The number of hydrogen-bond donors (Lipinski definition) is 2. The van der Waals surface area contributed by atoms with Gasteiger partial charge in [0.2, 0.25) is 0 Å². The quantitative estimate of drug-likeness (QED) is 0.600. The molecule has 0 saturated carbocycles. The average molecular weight is 392 g/mol. The predicted octanol–water partition coefficient (Wildman–Crippen LogP) is 4.04. The van der Waals surface area contributed by atoms with Gasteiger partial charge in [0.25, 0.3) is 5.91 Å². The van der Waals surface area contributed by atoms with Crippen LogP contribution in [0.15, 0.2) is 36.4 Å². The van der Waals surface area contributed by atoms with Crippen molar-refractivity contribution in [3.05, 3.63) is 56.4 Å². The molecule has 0 radical (unpaired) electrons. The summed E-state index contributed by atoms with van der Waals surface area (Å²) in [6.07, 6.45) is 0. The molecule has 0 aliphatic heterocycles. The summed E-state index contributed by atoms with van der Waals surface area (Å²) in [5.41, 5.74) is 0.819. The zero-order valence-corrected chi connectivity index (χ0v) is 12.4. The zero-order chi connectivity index (χ0) is 14.0. The molecule has 0 fully saturated rings. The molecule has 0 aromatic heterocycles. The molecule has 0 bridgehead atoms. The van der Waals surface area contributed by atoms with Crippen molar-refractivity contribution in [2.75, 3.05) is 5.32 Å². The number of carbonyl (C=O) groups excluding carboxylic acids is 1. The van der Waals surface area contributed by atoms with E-state index in [1.807, 2.05) is 22.6 Å². The number of rotatable bonds is 2. The van der Waals surface area contributed by atoms with Gasteiger partial charge in [-0.05, 0) is 59.0 Å². The summed E-state index contributed by atoms with van der Waals surface area (Å²) in [6, 6.07) is 8.25. The van der Waals surface area contributed by atoms with E-state index < -0.39 is 5.82 Å². The average Bonchev–Trinajstić information content (AvgIpc) is 2.33. The number of nitrogens with one attached hydrogen (secondary N) is 1. The van der Waals surface area contributed by atoms with Gasteiger partial charge in [-0.2, -0.15) is 0 Å². The molecule has 2 aromatic carbocycles. The Labute approximate surface area is 127 Å². The third-order valence-electron chi connectivity index (χ3n) is 2.38. The molecule has 0 spiro atoms. The second kappa shape index (κ2) is 5.75. The van der Waals surface area contributed by atoms with E-state index in [0.717, 1.165) is 0 Å². The fourth-order valence-electron chi connectivity index (χ4n) is 1.46. The van der Waals surface area contributed by atoms with E-state index in [9.17, 15) is 14.3 Å². The highest BCUT2D eigenvalue weighted by Crippen LogP contribution is 2.26. The summed E-state index contributed by atoms with van der Waals surface area (Å²) in [7, 11) is 0. The number of phenolic OH excluding ortho intramolecular Hbond substituents is 1. The van der Waals surface area contributed by atoms with Crippen LogP contribution >= 0.6 is 34.2 Å². The van der Waals surface area contributed by atoms with E-state index in [4.69, 9.17) is 11.6 Å². The molecule has 0 heterocycles. The Morgan fingerprint density at radius 3 is 2.63 bits per heavy atom. The van der Waals surface area contributed by atoms with Gasteiger partial charge >= 0.3 is 0 Å². The summed E-state index contributed by atoms with van der Waals surface area (Å²) in [5, 5.41) is 12.1. The van der Waals surface area contributed by atoms with Crippen molar-refractivity contribution in [3.8, 4) is 5.75 Å². The second-order valence-corrected chi connectivity index (χ2v) is 5.31. The summed E-state index contributed by atoms with van der Waals surface area (Å²) >= 11 is 7.63. The third-order valence-corrected chi connectivity index (χ3v) is 3.58. The van der Waals surface area contributed by atoms with Gasteiger partial charge in [0.1, 0.15) is 11.6 Å². The summed E-state index contributed by atoms with van der Waals surface area (Å²) in [5.74, 6) is -0.823. The molecule has 0 unspecified atom stereocenters. The van der Waals surface area contributed by atoms with Gasteiger partial charge in [0.15, 0.2) is 0 Å². The van der Waals surface area contributed by atoms with Crippen LogP contribution in [0, 0.1) is 9.39 Å². The van der Waals surface area contributed by atoms with Crippen molar-refractivity contribution in [1.82, 2.24) is 0 Å². The fraction of sp³-hybridized carbons (Fsp3) is 0. The van der Waals surface area contributed by atoms with Crippen LogP contribution in [0.3, 0.4) is 0 Å². The van der Waals surface area contributed by atoms with Crippen LogP contribution in [0.4, 0.5) is 10.1 Å². The number of aromatic hydroxyl groups is 1. The van der Waals surface area contributed by atoms with E-state index in [1.54, 1.807) is 0 Å². The molecular weight excluding hydrogens is 384 g/mol. The van der Waals surface area contributed by atoms with Gasteiger partial charge in [-0.1, -0.05) is 11.6 Å². The normalized spacial score (nSPS) is 10.3. The Kier molecular flexibility index (Phi) is 4.26. The van der Waals surface area contributed by atoms with E-state index in [1.165, 1.54) is 36.4 Å². The number of carbonyl (C=O) groups is 1. The van der Waals surface area contributed by atoms with Gasteiger partial charge in [0, 0.05) is 9.26 Å². The Morgan fingerprint density at radius 2 is 2.00 bits per heavy atom. The molecule has 2 N–H and O–H groups in total. The van der Waals surface area contributed by atoms with Gasteiger partial charge < -0.3 is 10.4 Å². The number of phenols is 1. The lowest BCUT2D eigenvalue weighted by molar-refractivity contribution is 0.102. The van der Waals surface area contributed by atoms with Crippen LogP contribution in [-0.4, -0.2) is 11.0 Å². The minimum Gasteiger partial charge on any atom is -0.506 e. The van der Waals surface area contributed by atoms with Gasteiger partial charge in [0.05, 0.1) is 10.6 Å². The molecule has 19 heavy (non-hydrogen) atoms. The predicted molar refractivity (Wildman–Crippen MR) is 80.2 cm³/mol. The minimum absolute atomic E-state index is 0.0592. The second-order valence-electron chi connectivity index (χ2n) is 3.74. The lowest BCUT2D eigenvalue weighted by Crippen LogP contribution is -2.13. The van der Waals surface area contributed by atoms with Crippen LogP contribution in [0.1, 0.15) is 10.4 Å². The van der Waals surface area contributed by atoms with E-state index in [2.05, 4.69) is 5.32 Å². The molecule has 98 valence electrons. The van der Waals surface area contributed by atoms with Crippen LogP contribution in [0.25, 0.3) is 0 Å². The number of amides is 1. The van der Waals surface area contributed by atoms with Crippen molar-refractivity contribution in [2.24, 2.45) is 0 Å². The monoisotopic (exact) mass is 391 g/mol. The van der Waals surface area contributed by atoms with Crippen LogP contribution < -0.4 is 5.32 Å². The fourth-order valence-corrected chi connectivity index (χ4v) is 2.36. The lowest BCUT2D eigenvalue weighted by atomic mass is 10.2. The molecule has 0 saturated heterocycles. The highest BCUT2D eigenvalue weighted by Gasteiger charge is 2.11. The maximum absolute atomic E-state index is 13.0. The molecule has 2 aromatic rings. The lowest BCUT2D eigenvalue weighted by Gasteiger charge is -2.08. The smallest absolute Gasteiger partial charge is 0.256 e. The Bertz CT molecular complexity index is 649. The molecule has 1 amide bonds. The van der Waals surface area contributed by atoms with Gasteiger partial charge in [-0.25, -0.2) is 4.39 Å².